The Kier molecular flexibility index (Phi) is 5.99. The molecule has 30 heavy (non-hydrogen) atoms. The van der Waals surface area contributed by atoms with Gasteiger partial charge in [-0.2, -0.15) is 5.10 Å². The van der Waals surface area contributed by atoms with E-state index in [9.17, 15) is 8.78 Å². The average Bonchev–Trinajstić information content (AvgIpc) is 3.41. The van der Waals surface area contributed by atoms with Crippen LogP contribution in [0.3, 0.4) is 0 Å². The van der Waals surface area contributed by atoms with E-state index in [1.165, 1.54) is 11.6 Å². The quantitative estimate of drug-likeness (QED) is 0.608. The molecule has 7 heteroatoms. The minimum Gasteiger partial charge on any atom is -0.493 e. The van der Waals surface area contributed by atoms with Crippen molar-refractivity contribution in [1.29, 1.82) is 0 Å². The van der Waals surface area contributed by atoms with Crippen LogP contribution in [0.25, 0.3) is 0 Å². The number of halogens is 2. The first-order chi connectivity index (χ1) is 14.6. The summed E-state index contributed by atoms with van der Waals surface area (Å²) in [5.74, 6) is 1.64. The molecule has 0 radical (unpaired) electrons. The number of benzene rings is 2. The molecule has 1 fully saturated rings. The van der Waals surface area contributed by atoms with Gasteiger partial charge >= 0.3 is 0 Å². The van der Waals surface area contributed by atoms with Crippen molar-refractivity contribution in [1.82, 2.24) is 15.1 Å². The second-order valence-corrected chi connectivity index (χ2v) is 7.52. The second kappa shape index (κ2) is 8.83. The summed E-state index contributed by atoms with van der Waals surface area (Å²) < 4.78 is 37.2. The minimum absolute atomic E-state index is 0.0454. The van der Waals surface area contributed by atoms with Crippen LogP contribution in [0.2, 0.25) is 0 Å². The molecule has 0 saturated carbocycles. The van der Waals surface area contributed by atoms with Crippen molar-refractivity contribution in [3.8, 4) is 11.5 Å². The number of methoxy groups -OCH3 is 2. The standard InChI is InChI=1S/C23H25F2N3O2/c1-29-21-10-6-9-16(22(21)30-2)12-28-13-17(15-7-4-3-5-8-15)18(14-28)19-11-20(23(24)25)27-26-19/h3-11,17-18,23H,12-14H2,1-2H3,(H,26,27)/t17-,18+/m0/s1. The third-order valence-electron chi connectivity index (χ3n) is 5.74. The van der Waals surface area contributed by atoms with E-state index in [2.05, 4.69) is 27.2 Å². The topological polar surface area (TPSA) is 50.4 Å². The normalized spacial score (nSPS) is 19.4. The summed E-state index contributed by atoms with van der Waals surface area (Å²) in [6.45, 7) is 2.21. The number of hydrogen-bond donors (Lipinski definition) is 1. The van der Waals surface area contributed by atoms with Crippen molar-refractivity contribution in [2.75, 3.05) is 27.3 Å². The highest BCUT2D eigenvalue weighted by atomic mass is 19.3. The van der Waals surface area contributed by atoms with E-state index in [-0.39, 0.29) is 17.5 Å². The molecular weight excluding hydrogens is 388 g/mol. The van der Waals surface area contributed by atoms with Gasteiger partial charge < -0.3 is 9.47 Å². The Labute approximate surface area is 174 Å². The average molecular weight is 413 g/mol. The Morgan fingerprint density at radius 3 is 2.47 bits per heavy atom. The van der Waals surface area contributed by atoms with Crippen LogP contribution >= 0.6 is 0 Å². The molecule has 1 aromatic heterocycles. The number of aromatic nitrogens is 2. The summed E-state index contributed by atoms with van der Waals surface area (Å²) in [5, 5.41) is 6.67. The fourth-order valence-electron chi connectivity index (χ4n) is 4.34. The van der Waals surface area contributed by atoms with Crippen molar-refractivity contribution in [3.05, 3.63) is 77.1 Å². The maximum absolute atomic E-state index is 13.1. The van der Waals surface area contributed by atoms with Crippen LogP contribution in [0, 0.1) is 0 Å². The van der Waals surface area contributed by atoms with Crippen molar-refractivity contribution in [2.45, 2.75) is 24.8 Å². The fourth-order valence-corrected chi connectivity index (χ4v) is 4.34. The molecule has 1 aliphatic heterocycles. The van der Waals surface area contributed by atoms with Crippen molar-refractivity contribution < 1.29 is 18.3 Å². The number of nitrogens with zero attached hydrogens (tertiary/aromatic N) is 2. The summed E-state index contributed by atoms with van der Waals surface area (Å²) in [7, 11) is 3.26. The summed E-state index contributed by atoms with van der Waals surface area (Å²) in [4.78, 5) is 2.32. The predicted molar refractivity (Wildman–Crippen MR) is 110 cm³/mol. The third kappa shape index (κ3) is 4.03. The second-order valence-electron chi connectivity index (χ2n) is 7.52. The van der Waals surface area contributed by atoms with E-state index in [4.69, 9.17) is 9.47 Å². The van der Waals surface area contributed by atoms with Crippen LogP contribution in [-0.2, 0) is 6.54 Å². The number of H-pyrrole nitrogens is 1. The lowest BCUT2D eigenvalue weighted by Crippen LogP contribution is -2.20. The van der Waals surface area contributed by atoms with Gasteiger partial charge in [-0.1, -0.05) is 42.5 Å². The minimum atomic E-state index is -2.58. The number of rotatable bonds is 7. The fraction of sp³-hybridized carbons (Fsp3) is 0.348. The third-order valence-corrected chi connectivity index (χ3v) is 5.74. The number of alkyl halides is 2. The van der Waals surface area contributed by atoms with E-state index in [1.807, 2.05) is 36.4 Å². The number of nitrogens with one attached hydrogen (secondary N) is 1. The molecule has 0 spiro atoms. The van der Waals surface area contributed by atoms with E-state index in [0.29, 0.717) is 12.3 Å². The van der Waals surface area contributed by atoms with Crippen molar-refractivity contribution in [2.24, 2.45) is 0 Å². The first-order valence-corrected chi connectivity index (χ1v) is 9.91. The largest absolute Gasteiger partial charge is 0.493 e. The van der Waals surface area contributed by atoms with Gasteiger partial charge in [-0.15, -0.1) is 0 Å². The zero-order valence-electron chi connectivity index (χ0n) is 17.0. The Balaban J connectivity index is 1.62. The maximum Gasteiger partial charge on any atom is 0.282 e. The number of hydrogen-bond acceptors (Lipinski definition) is 4. The van der Waals surface area contributed by atoms with Gasteiger partial charge in [0.15, 0.2) is 11.5 Å². The summed E-state index contributed by atoms with van der Waals surface area (Å²) in [6, 6.07) is 17.5. The molecule has 0 unspecified atom stereocenters. The zero-order chi connectivity index (χ0) is 21.1. The molecule has 1 N–H and O–H groups in total. The number of aromatic amines is 1. The number of likely N-dealkylation sites (tertiary alicyclic amines) is 1. The highest BCUT2D eigenvalue weighted by molar-refractivity contribution is 5.46. The van der Waals surface area contributed by atoms with Gasteiger partial charge in [0.2, 0.25) is 0 Å². The highest BCUT2D eigenvalue weighted by Crippen LogP contribution is 2.41. The van der Waals surface area contributed by atoms with Gasteiger partial charge in [-0.05, 0) is 17.7 Å². The molecule has 1 aliphatic rings. The summed E-state index contributed by atoms with van der Waals surface area (Å²) in [6.07, 6.45) is -2.58. The molecule has 0 bridgehead atoms. The smallest absolute Gasteiger partial charge is 0.282 e. The van der Waals surface area contributed by atoms with E-state index in [0.717, 1.165) is 30.1 Å². The highest BCUT2D eigenvalue weighted by Gasteiger charge is 2.36. The van der Waals surface area contributed by atoms with E-state index >= 15 is 0 Å². The lowest BCUT2D eigenvalue weighted by atomic mass is 9.87. The van der Waals surface area contributed by atoms with Crippen LogP contribution in [0.4, 0.5) is 8.78 Å². The predicted octanol–water partition coefficient (Wildman–Crippen LogP) is 4.75. The van der Waals surface area contributed by atoms with E-state index in [1.54, 1.807) is 14.2 Å². The van der Waals surface area contributed by atoms with Gasteiger partial charge in [-0.3, -0.25) is 10.00 Å². The molecule has 4 rings (SSSR count). The summed E-state index contributed by atoms with van der Waals surface area (Å²) >= 11 is 0. The zero-order valence-corrected chi connectivity index (χ0v) is 17.0. The van der Waals surface area contributed by atoms with Gasteiger partial charge in [-0.25, -0.2) is 8.78 Å². The van der Waals surface area contributed by atoms with Crippen LogP contribution < -0.4 is 9.47 Å². The Hall–Kier alpha value is -2.93. The van der Waals surface area contributed by atoms with Crippen LogP contribution in [0.5, 0.6) is 11.5 Å². The lowest BCUT2D eigenvalue weighted by molar-refractivity contribution is 0.146. The Bertz CT molecular complexity index is 978. The molecule has 5 nitrogen and oxygen atoms in total. The number of para-hydroxylation sites is 1. The first-order valence-electron chi connectivity index (χ1n) is 9.91. The molecule has 1 saturated heterocycles. The van der Waals surface area contributed by atoms with Gasteiger partial charge in [0.05, 0.1) is 14.2 Å². The SMILES string of the molecule is COc1cccc(CN2C[C@@H](c3ccccc3)[C@H](c3cc(C(F)F)n[nH]3)C2)c1OC. The van der Waals surface area contributed by atoms with Crippen molar-refractivity contribution >= 4 is 0 Å². The molecule has 0 aliphatic carbocycles. The molecule has 0 amide bonds. The molecule has 158 valence electrons. The van der Waals surface area contributed by atoms with Gasteiger partial charge in [0.25, 0.3) is 6.43 Å². The van der Waals surface area contributed by atoms with Crippen molar-refractivity contribution in [3.63, 3.8) is 0 Å². The maximum atomic E-state index is 13.1. The van der Waals surface area contributed by atoms with Crippen LogP contribution in [0.15, 0.2) is 54.6 Å². The molecule has 3 aromatic rings. The first kappa shape index (κ1) is 20.3. The molecule has 2 atom stereocenters. The Morgan fingerprint density at radius 1 is 1.03 bits per heavy atom. The molecular formula is C23H25F2N3O2. The molecule has 2 aromatic carbocycles. The Morgan fingerprint density at radius 2 is 1.80 bits per heavy atom. The summed E-state index contributed by atoms with van der Waals surface area (Å²) in [5.41, 5.74) is 2.77. The van der Waals surface area contributed by atoms with Gasteiger partial charge in [0.1, 0.15) is 5.69 Å². The van der Waals surface area contributed by atoms with E-state index < -0.39 is 6.43 Å². The monoisotopic (exact) mass is 413 g/mol. The van der Waals surface area contributed by atoms with Crippen LogP contribution in [-0.4, -0.2) is 42.4 Å². The van der Waals surface area contributed by atoms with Crippen LogP contribution in [0.1, 0.15) is 40.8 Å². The van der Waals surface area contributed by atoms with Gasteiger partial charge in [0, 0.05) is 42.7 Å². The number of ether oxygens (including phenoxy) is 2. The lowest BCUT2D eigenvalue weighted by Gasteiger charge is -2.19. The molecule has 2 heterocycles.